The fourth-order valence-electron chi connectivity index (χ4n) is 2.75. The number of nitrogens with zero attached hydrogens (tertiary/aromatic N) is 4. The van der Waals surface area contributed by atoms with Crippen LogP contribution in [-0.4, -0.2) is 72.0 Å². The van der Waals surface area contributed by atoms with Gasteiger partial charge in [0.15, 0.2) is 6.61 Å². The highest BCUT2D eigenvalue weighted by Gasteiger charge is 2.23. The van der Waals surface area contributed by atoms with Gasteiger partial charge in [-0.1, -0.05) is 0 Å². The summed E-state index contributed by atoms with van der Waals surface area (Å²) < 4.78 is 17.8. The van der Waals surface area contributed by atoms with E-state index in [4.69, 9.17) is 4.74 Å². The van der Waals surface area contributed by atoms with E-state index in [2.05, 4.69) is 15.3 Å². The van der Waals surface area contributed by atoms with Gasteiger partial charge in [0.05, 0.1) is 0 Å². The van der Waals surface area contributed by atoms with Crippen LogP contribution in [0.25, 0.3) is 0 Å². The van der Waals surface area contributed by atoms with E-state index in [0.717, 1.165) is 12.1 Å². The molecule has 0 atom stereocenters. The van der Waals surface area contributed by atoms with E-state index in [1.807, 2.05) is 4.90 Å². The standard InChI is InChI=1S/C19H20FN5O4/c20-15-4-2-14(3-5-15)18(28)23-12-17(27)29-13-16(26)24-8-10-25(11-9-24)19-21-6-1-7-22-19/h1-7H,8-13H2,(H,23,28). The highest BCUT2D eigenvalue weighted by molar-refractivity contribution is 5.96. The molecule has 1 N–H and O–H groups in total. The van der Waals surface area contributed by atoms with Crippen molar-refractivity contribution >= 4 is 23.7 Å². The van der Waals surface area contributed by atoms with Crippen LogP contribution in [0, 0.1) is 5.82 Å². The van der Waals surface area contributed by atoms with Crippen molar-refractivity contribution in [2.24, 2.45) is 0 Å². The Morgan fingerprint density at radius 3 is 2.34 bits per heavy atom. The molecule has 0 saturated carbocycles. The molecule has 1 aromatic heterocycles. The molecule has 9 nitrogen and oxygen atoms in total. The Bertz CT molecular complexity index is 855. The van der Waals surface area contributed by atoms with Crippen LogP contribution >= 0.6 is 0 Å². The minimum Gasteiger partial charge on any atom is -0.454 e. The normalized spacial score (nSPS) is 13.7. The number of esters is 1. The van der Waals surface area contributed by atoms with Crippen LogP contribution in [0.3, 0.4) is 0 Å². The van der Waals surface area contributed by atoms with Crippen LogP contribution in [0.4, 0.5) is 10.3 Å². The van der Waals surface area contributed by atoms with Crippen LogP contribution in [0.5, 0.6) is 0 Å². The topological polar surface area (TPSA) is 105 Å². The summed E-state index contributed by atoms with van der Waals surface area (Å²) in [6, 6.07) is 6.64. The molecule has 1 saturated heterocycles. The molecule has 3 rings (SSSR count). The number of aromatic nitrogens is 2. The molecule has 1 fully saturated rings. The number of piperazine rings is 1. The average molecular weight is 401 g/mol. The van der Waals surface area contributed by atoms with Crippen molar-refractivity contribution in [2.75, 3.05) is 44.2 Å². The van der Waals surface area contributed by atoms with Crippen LogP contribution in [0.1, 0.15) is 10.4 Å². The molecule has 0 aliphatic carbocycles. The van der Waals surface area contributed by atoms with Crippen molar-refractivity contribution in [3.8, 4) is 0 Å². The number of hydrogen-bond acceptors (Lipinski definition) is 7. The van der Waals surface area contributed by atoms with E-state index in [0.29, 0.717) is 32.1 Å². The molecule has 1 aliphatic heterocycles. The molecule has 2 heterocycles. The molecule has 1 aliphatic rings. The van der Waals surface area contributed by atoms with Gasteiger partial charge in [-0.25, -0.2) is 14.4 Å². The van der Waals surface area contributed by atoms with E-state index in [9.17, 15) is 18.8 Å². The first kappa shape index (κ1) is 20.2. The Morgan fingerprint density at radius 2 is 1.69 bits per heavy atom. The van der Waals surface area contributed by atoms with Gasteiger partial charge in [-0.3, -0.25) is 14.4 Å². The number of hydrogen-bond donors (Lipinski definition) is 1. The molecule has 0 spiro atoms. The number of carbonyl (C=O) groups excluding carboxylic acids is 3. The zero-order valence-electron chi connectivity index (χ0n) is 15.6. The third-order valence-electron chi connectivity index (χ3n) is 4.32. The van der Waals surface area contributed by atoms with Crippen molar-refractivity contribution in [2.45, 2.75) is 0 Å². The highest BCUT2D eigenvalue weighted by Crippen LogP contribution is 2.09. The van der Waals surface area contributed by atoms with Crippen molar-refractivity contribution in [3.05, 3.63) is 54.1 Å². The van der Waals surface area contributed by atoms with Gasteiger partial charge in [0.25, 0.3) is 11.8 Å². The zero-order valence-corrected chi connectivity index (χ0v) is 15.6. The second-order valence-electron chi connectivity index (χ2n) is 6.27. The molecule has 29 heavy (non-hydrogen) atoms. The summed E-state index contributed by atoms with van der Waals surface area (Å²) in [5.41, 5.74) is 0.218. The van der Waals surface area contributed by atoms with Gasteiger partial charge in [-0.2, -0.15) is 0 Å². The van der Waals surface area contributed by atoms with Gasteiger partial charge in [0.2, 0.25) is 5.95 Å². The number of amides is 2. The Hall–Kier alpha value is -3.56. The molecule has 2 aromatic rings. The van der Waals surface area contributed by atoms with E-state index in [1.165, 1.54) is 12.1 Å². The number of benzene rings is 1. The van der Waals surface area contributed by atoms with Crippen LogP contribution < -0.4 is 10.2 Å². The van der Waals surface area contributed by atoms with Crippen molar-refractivity contribution in [1.82, 2.24) is 20.2 Å². The number of nitrogens with one attached hydrogen (secondary N) is 1. The molecule has 0 bridgehead atoms. The first-order valence-electron chi connectivity index (χ1n) is 9.02. The van der Waals surface area contributed by atoms with Crippen LogP contribution in [0.15, 0.2) is 42.7 Å². The van der Waals surface area contributed by atoms with Gasteiger partial charge in [0, 0.05) is 44.1 Å². The fourth-order valence-corrected chi connectivity index (χ4v) is 2.75. The summed E-state index contributed by atoms with van der Waals surface area (Å²) in [7, 11) is 0. The Kier molecular flexibility index (Phi) is 6.67. The van der Waals surface area contributed by atoms with E-state index in [-0.39, 0.29) is 18.0 Å². The summed E-state index contributed by atoms with van der Waals surface area (Å²) in [5, 5.41) is 2.36. The zero-order chi connectivity index (χ0) is 20.6. The predicted molar refractivity (Wildman–Crippen MR) is 101 cm³/mol. The third-order valence-corrected chi connectivity index (χ3v) is 4.32. The fraction of sp³-hybridized carbons (Fsp3) is 0.316. The molecule has 2 amide bonds. The molecule has 10 heteroatoms. The lowest BCUT2D eigenvalue weighted by Gasteiger charge is -2.34. The summed E-state index contributed by atoms with van der Waals surface area (Å²) >= 11 is 0. The van der Waals surface area contributed by atoms with Gasteiger partial charge >= 0.3 is 5.97 Å². The number of halogens is 1. The number of ether oxygens (including phenoxy) is 1. The average Bonchev–Trinajstić information content (AvgIpc) is 2.77. The van der Waals surface area contributed by atoms with Gasteiger partial charge < -0.3 is 19.9 Å². The molecule has 1 aromatic carbocycles. The van der Waals surface area contributed by atoms with Gasteiger partial charge in [-0.15, -0.1) is 0 Å². The SMILES string of the molecule is O=C(CNC(=O)c1ccc(F)cc1)OCC(=O)N1CCN(c2ncccn2)CC1. The number of rotatable bonds is 6. The first-order valence-corrected chi connectivity index (χ1v) is 9.02. The quantitative estimate of drug-likeness (QED) is 0.691. The van der Waals surface area contributed by atoms with E-state index in [1.54, 1.807) is 23.4 Å². The summed E-state index contributed by atoms with van der Waals surface area (Å²) in [6.07, 6.45) is 3.32. The largest absolute Gasteiger partial charge is 0.454 e. The minimum atomic E-state index is -0.731. The van der Waals surface area contributed by atoms with Crippen molar-refractivity contribution in [3.63, 3.8) is 0 Å². The highest BCUT2D eigenvalue weighted by atomic mass is 19.1. The minimum absolute atomic E-state index is 0.218. The Labute approximate surface area is 166 Å². The summed E-state index contributed by atoms with van der Waals surface area (Å²) in [6.45, 7) is 1.32. The lowest BCUT2D eigenvalue weighted by molar-refractivity contribution is -0.151. The maximum atomic E-state index is 12.9. The lowest BCUT2D eigenvalue weighted by Crippen LogP contribution is -2.50. The van der Waals surface area contributed by atoms with Crippen molar-refractivity contribution in [1.29, 1.82) is 0 Å². The third kappa shape index (κ3) is 5.71. The Morgan fingerprint density at radius 1 is 1.03 bits per heavy atom. The van der Waals surface area contributed by atoms with E-state index >= 15 is 0 Å². The first-order chi connectivity index (χ1) is 14.0. The molecular weight excluding hydrogens is 381 g/mol. The van der Waals surface area contributed by atoms with E-state index < -0.39 is 24.3 Å². The second-order valence-corrected chi connectivity index (χ2v) is 6.27. The monoisotopic (exact) mass is 401 g/mol. The molecule has 0 radical (unpaired) electrons. The van der Waals surface area contributed by atoms with Gasteiger partial charge in [-0.05, 0) is 30.3 Å². The van der Waals surface area contributed by atoms with Gasteiger partial charge in [0.1, 0.15) is 12.4 Å². The second kappa shape index (κ2) is 9.58. The summed E-state index contributed by atoms with van der Waals surface area (Å²) in [5.74, 6) is -1.42. The smallest absolute Gasteiger partial charge is 0.325 e. The van der Waals surface area contributed by atoms with Crippen LogP contribution in [0.2, 0.25) is 0 Å². The molecule has 0 unspecified atom stereocenters. The number of anilines is 1. The molecular formula is C19H20FN5O4. The lowest BCUT2D eigenvalue weighted by atomic mass is 10.2. The summed E-state index contributed by atoms with van der Waals surface area (Å²) in [4.78, 5) is 47.8. The molecule has 152 valence electrons. The predicted octanol–water partition coefficient (Wildman–Crippen LogP) is 0.237. The maximum absolute atomic E-state index is 12.9. The maximum Gasteiger partial charge on any atom is 0.325 e. The van der Waals surface area contributed by atoms with Crippen LogP contribution in [-0.2, 0) is 14.3 Å². The van der Waals surface area contributed by atoms with Crippen molar-refractivity contribution < 1.29 is 23.5 Å². The Balaban J connectivity index is 1.36. The number of carbonyl (C=O) groups is 3.